The Hall–Kier alpha value is -5.58. The third-order valence-electron chi connectivity index (χ3n) is 6.04. The molecular weight excluding hydrogens is 552 g/mol. The standard InChI is InChI=1S/C31H32N4O4.CH2O3/c1-5-6-17-35(21-22-13-9-7-10-14-22)31(36)25-20-32-29(34-30(25)33-24-15-11-8-12-16-24)23-18-26(37-2)28(39-4)27(19-23)38-3;2-1(3)4/h5-16,18-20H,17,21H2,1-4H3,(H,32,33,34);(H2,2,3,4)/b6-5+;. The van der Waals surface area contributed by atoms with Gasteiger partial charge in [0.15, 0.2) is 17.3 Å². The van der Waals surface area contributed by atoms with Crippen LogP contribution in [0.15, 0.2) is 91.1 Å². The summed E-state index contributed by atoms with van der Waals surface area (Å²) in [5.74, 6) is 2.03. The highest BCUT2D eigenvalue weighted by Gasteiger charge is 2.23. The summed E-state index contributed by atoms with van der Waals surface area (Å²) >= 11 is 0. The number of methoxy groups -OCH3 is 3. The van der Waals surface area contributed by atoms with Gasteiger partial charge in [-0.3, -0.25) is 4.79 Å². The largest absolute Gasteiger partial charge is 0.503 e. The summed E-state index contributed by atoms with van der Waals surface area (Å²) in [6.07, 6.45) is 3.61. The highest BCUT2D eigenvalue weighted by atomic mass is 16.6. The van der Waals surface area contributed by atoms with Crippen molar-refractivity contribution in [1.82, 2.24) is 14.9 Å². The normalized spacial score (nSPS) is 10.3. The zero-order valence-electron chi connectivity index (χ0n) is 24.4. The third-order valence-corrected chi connectivity index (χ3v) is 6.04. The highest BCUT2D eigenvalue weighted by Crippen LogP contribution is 2.40. The van der Waals surface area contributed by atoms with Crippen LogP contribution in [0.3, 0.4) is 0 Å². The van der Waals surface area contributed by atoms with Crippen LogP contribution in [0.2, 0.25) is 0 Å². The van der Waals surface area contributed by atoms with Gasteiger partial charge in [0, 0.05) is 30.5 Å². The third kappa shape index (κ3) is 8.95. The second-order valence-corrected chi connectivity index (χ2v) is 8.88. The van der Waals surface area contributed by atoms with Gasteiger partial charge in [-0.05, 0) is 36.8 Å². The number of nitrogens with one attached hydrogen (secondary N) is 1. The number of hydrogen-bond donors (Lipinski definition) is 3. The van der Waals surface area contributed by atoms with Crippen LogP contribution in [0, 0.1) is 0 Å². The number of allylic oxidation sites excluding steroid dienone is 1. The monoisotopic (exact) mass is 586 g/mol. The SMILES string of the molecule is C/C=C/CN(Cc1ccccc1)C(=O)c1cnc(-c2cc(OC)c(OC)c(OC)c2)nc1Nc1ccccc1.O=C(O)O. The first-order valence-electron chi connectivity index (χ1n) is 13.2. The molecule has 0 unspecified atom stereocenters. The molecule has 1 amide bonds. The molecule has 43 heavy (non-hydrogen) atoms. The Morgan fingerprint density at radius 1 is 0.907 bits per heavy atom. The van der Waals surface area contributed by atoms with Gasteiger partial charge in [-0.15, -0.1) is 0 Å². The van der Waals surface area contributed by atoms with E-state index in [0.717, 1.165) is 11.3 Å². The van der Waals surface area contributed by atoms with Crippen molar-refractivity contribution in [3.05, 3.63) is 102 Å². The smallest absolute Gasteiger partial charge is 0.493 e. The van der Waals surface area contributed by atoms with E-state index in [9.17, 15) is 4.79 Å². The maximum Gasteiger partial charge on any atom is 0.503 e. The molecule has 224 valence electrons. The van der Waals surface area contributed by atoms with E-state index < -0.39 is 6.16 Å². The quantitative estimate of drug-likeness (QED) is 0.170. The van der Waals surface area contributed by atoms with Gasteiger partial charge in [-0.1, -0.05) is 60.7 Å². The minimum atomic E-state index is -1.83. The predicted octanol–water partition coefficient (Wildman–Crippen LogP) is 6.35. The van der Waals surface area contributed by atoms with Crippen LogP contribution in [-0.4, -0.2) is 65.0 Å². The summed E-state index contributed by atoms with van der Waals surface area (Å²) in [7, 11) is 4.66. The molecule has 0 bridgehead atoms. The molecule has 1 aromatic heterocycles. The summed E-state index contributed by atoms with van der Waals surface area (Å²) in [5, 5.41) is 17.3. The van der Waals surface area contributed by atoms with Crippen molar-refractivity contribution in [3.8, 4) is 28.6 Å². The first-order chi connectivity index (χ1) is 20.8. The fourth-order valence-electron chi connectivity index (χ4n) is 4.07. The van der Waals surface area contributed by atoms with E-state index in [2.05, 4.69) is 10.3 Å². The highest BCUT2D eigenvalue weighted by molar-refractivity contribution is 5.99. The van der Waals surface area contributed by atoms with Gasteiger partial charge in [-0.25, -0.2) is 14.8 Å². The topological polar surface area (TPSA) is 143 Å². The van der Waals surface area contributed by atoms with Crippen molar-refractivity contribution in [3.63, 3.8) is 0 Å². The number of para-hydroxylation sites is 1. The molecule has 3 N–H and O–H groups in total. The number of ether oxygens (including phenoxy) is 3. The maximum absolute atomic E-state index is 13.9. The van der Waals surface area contributed by atoms with E-state index in [4.69, 9.17) is 34.2 Å². The number of carbonyl (C=O) groups is 2. The Morgan fingerprint density at radius 2 is 1.49 bits per heavy atom. The minimum absolute atomic E-state index is 0.188. The molecule has 3 aromatic carbocycles. The van der Waals surface area contributed by atoms with Gasteiger partial charge >= 0.3 is 6.16 Å². The van der Waals surface area contributed by atoms with Crippen LogP contribution >= 0.6 is 0 Å². The average molecular weight is 587 g/mol. The van der Waals surface area contributed by atoms with E-state index in [-0.39, 0.29) is 5.91 Å². The number of benzene rings is 3. The first kappa shape index (κ1) is 31.9. The molecular formula is C32H34N4O7. The predicted molar refractivity (Wildman–Crippen MR) is 163 cm³/mol. The van der Waals surface area contributed by atoms with Crippen molar-refractivity contribution in [2.75, 3.05) is 33.2 Å². The number of amides is 1. The van der Waals surface area contributed by atoms with Gasteiger partial charge in [0.25, 0.3) is 5.91 Å². The lowest BCUT2D eigenvalue weighted by atomic mass is 10.1. The number of rotatable bonds is 11. The molecule has 4 aromatic rings. The lowest BCUT2D eigenvalue weighted by Gasteiger charge is -2.23. The van der Waals surface area contributed by atoms with Crippen molar-refractivity contribution in [2.24, 2.45) is 0 Å². The van der Waals surface area contributed by atoms with Gasteiger partial charge in [0.1, 0.15) is 11.4 Å². The van der Waals surface area contributed by atoms with E-state index >= 15 is 0 Å². The lowest BCUT2D eigenvalue weighted by molar-refractivity contribution is 0.0762. The molecule has 4 rings (SSSR count). The molecule has 0 spiro atoms. The molecule has 11 nitrogen and oxygen atoms in total. The lowest BCUT2D eigenvalue weighted by Crippen LogP contribution is -2.31. The molecule has 0 saturated carbocycles. The van der Waals surface area contributed by atoms with Crippen LogP contribution in [0.1, 0.15) is 22.8 Å². The van der Waals surface area contributed by atoms with Gasteiger partial charge in [-0.2, -0.15) is 0 Å². The van der Waals surface area contributed by atoms with Crippen molar-refractivity contribution >= 4 is 23.6 Å². The number of hydrogen-bond acceptors (Lipinski definition) is 8. The Morgan fingerprint density at radius 3 is 2.02 bits per heavy atom. The van der Waals surface area contributed by atoms with E-state index in [0.29, 0.717) is 53.1 Å². The molecule has 0 aliphatic rings. The second-order valence-electron chi connectivity index (χ2n) is 8.88. The molecule has 0 saturated heterocycles. The number of anilines is 2. The van der Waals surface area contributed by atoms with Gasteiger partial charge < -0.3 is 34.6 Å². The molecule has 0 atom stereocenters. The fraction of sp³-hybridized carbons (Fsp3) is 0.188. The van der Waals surface area contributed by atoms with E-state index in [1.54, 1.807) is 44.6 Å². The Bertz CT molecular complexity index is 1500. The number of carboxylic acid groups (broad SMARTS) is 2. The second kappa shape index (κ2) is 16.0. The van der Waals surface area contributed by atoms with Crippen LogP contribution in [0.5, 0.6) is 17.2 Å². The summed E-state index contributed by atoms with van der Waals surface area (Å²) in [6.45, 7) is 2.83. The molecule has 1 heterocycles. The van der Waals surface area contributed by atoms with Crippen LogP contribution in [0.25, 0.3) is 11.4 Å². The van der Waals surface area contributed by atoms with Crippen LogP contribution in [0.4, 0.5) is 16.3 Å². The zero-order chi connectivity index (χ0) is 31.2. The van der Waals surface area contributed by atoms with E-state index in [1.807, 2.05) is 79.7 Å². The summed E-state index contributed by atoms with van der Waals surface area (Å²) < 4.78 is 16.5. The molecule has 0 aliphatic heterocycles. The summed E-state index contributed by atoms with van der Waals surface area (Å²) in [5.41, 5.74) is 2.83. The number of nitrogens with zero attached hydrogens (tertiary/aromatic N) is 3. The minimum Gasteiger partial charge on any atom is -0.493 e. The molecule has 0 aliphatic carbocycles. The molecule has 0 fully saturated rings. The molecule has 0 radical (unpaired) electrons. The van der Waals surface area contributed by atoms with Gasteiger partial charge in [0.05, 0.1) is 21.3 Å². The Kier molecular flexibility index (Phi) is 11.9. The fourth-order valence-corrected chi connectivity index (χ4v) is 4.07. The zero-order valence-corrected chi connectivity index (χ0v) is 24.4. The van der Waals surface area contributed by atoms with Crippen LogP contribution in [-0.2, 0) is 6.54 Å². The van der Waals surface area contributed by atoms with Crippen molar-refractivity contribution in [2.45, 2.75) is 13.5 Å². The Balaban J connectivity index is 0.00000119. The van der Waals surface area contributed by atoms with Gasteiger partial charge in [0.2, 0.25) is 5.75 Å². The number of carbonyl (C=O) groups excluding carboxylic acids is 1. The summed E-state index contributed by atoms with van der Waals surface area (Å²) in [4.78, 5) is 33.6. The Labute approximate surface area is 250 Å². The maximum atomic E-state index is 13.9. The molecule has 11 heteroatoms. The van der Waals surface area contributed by atoms with Crippen LogP contribution < -0.4 is 19.5 Å². The average Bonchev–Trinajstić information content (AvgIpc) is 3.02. The number of aromatic nitrogens is 2. The first-order valence-corrected chi connectivity index (χ1v) is 13.2. The van der Waals surface area contributed by atoms with E-state index in [1.165, 1.54) is 0 Å². The van der Waals surface area contributed by atoms with Crippen molar-refractivity contribution < 1.29 is 34.0 Å². The van der Waals surface area contributed by atoms with Crippen molar-refractivity contribution in [1.29, 1.82) is 0 Å². The summed E-state index contributed by atoms with van der Waals surface area (Å²) in [6, 6.07) is 23.0.